The smallest absolute Gasteiger partial charge is 0.199 e. The normalized spacial score (nSPS) is 11.9. The number of hydrogen-bond acceptors (Lipinski definition) is 4. The summed E-state index contributed by atoms with van der Waals surface area (Å²) in [5, 5.41) is 2.00. The zero-order valence-electron chi connectivity index (χ0n) is 10.6. The van der Waals surface area contributed by atoms with Crippen molar-refractivity contribution in [3.63, 3.8) is 0 Å². The average Bonchev–Trinajstić information content (AvgIpc) is 3.08. The van der Waals surface area contributed by atoms with Crippen molar-refractivity contribution in [2.45, 2.75) is 13.8 Å². The molecule has 0 fully saturated rings. The monoisotopic (exact) mass is 324 g/mol. The fourth-order valence-electron chi connectivity index (χ4n) is 1.96. The first-order chi connectivity index (χ1) is 9.10. The fourth-order valence-corrected chi connectivity index (χ4v) is 10.1. The van der Waals surface area contributed by atoms with Gasteiger partial charge in [-0.2, -0.15) is 0 Å². The van der Waals surface area contributed by atoms with E-state index in [9.17, 15) is 4.57 Å². The van der Waals surface area contributed by atoms with E-state index in [2.05, 4.69) is 26.0 Å². The van der Waals surface area contributed by atoms with Crippen LogP contribution in [0.1, 0.15) is 9.75 Å². The number of thiophene rings is 3. The molecule has 0 unspecified atom stereocenters. The van der Waals surface area contributed by atoms with Gasteiger partial charge in [-0.15, -0.1) is 34.0 Å². The Kier molecular flexibility index (Phi) is 3.52. The quantitative estimate of drug-likeness (QED) is 0.662. The van der Waals surface area contributed by atoms with Gasteiger partial charge in [0.15, 0.2) is 7.14 Å². The highest BCUT2D eigenvalue weighted by Crippen LogP contribution is 2.47. The van der Waals surface area contributed by atoms with Gasteiger partial charge in [0.25, 0.3) is 0 Å². The van der Waals surface area contributed by atoms with Crippen LogP contribution in [-0.2, 0) is 4.57 Å². The molecule has 0 aromatic carbocycles. The van der Waals surface area contributed by atoms with E-state index < -0.39 is 7.14 Å². The van der Waals surface area contributed by atoms with Crippen LogP contribution >= 0.6 is 41.2 Å². The third kappa shape index (κ3) is 2.27. The van der Waals surface area contributed by atoms with Crippen molar-refractivity contribution in [1.29, 1.82) is 0 Å². The molecule has 3 aromatic rings. The second-order valence-electron chi connectivity index (χ2n) is 4.33. The minimum atomic E-state index is -2.63. The zero-order chi connectivity index (χ0) is 13.5. The van der Waals surface area contributed by atoms with E-state index >= 15 is 0 Å². The largest absolute Gasteiger partial charge is 0.306 e. The van der Waals surface area contributed by atoms with Crippen molar-refractivity contribution in [3.8, 4) is 0 Å². The number of aryl methyl sites for hydroxylation is 2. The molecule has 3 rings (SSSR count). The van der Waals surface area contributed by atoms with E-state index in [-0.39, 0.29) is 0 Å². The maximum Gasteiger partial charge on any atom is 0.199 e. The second kappa shape index (κ2) is 5.02. The molecule has 0 spiro atoms. The Bertz CT molecular complexity index is 692. The summed E-state index contributed by atoms with van der Waals surface area (Å²) in [4.78, 5) is 2.42. The average molecular weight is 324 g/mol. The lowest BCUT2D eigenvalue weighted by atomic mass is 10.5. The van der Waals surface area contributed by atoms with E-state index in [1.807, 2.05) is 29.6 Å². The lowest BCUT2D eigenvalue weighted by molar-refractivity contribution is 0.593. The fraction of sp³-hybridized carbons (Fsp3) is 0.143. The maximum absolute atomic E-state index is 13.7. The topological polar surface area (TPSA) is 17.1 Å². The van der Waals surface area contributed by atoms with Crippen molar-refractivity contribution >= 4 is 55.0 Å². The van der Waals surface area contributed by atoms with Gasteiger partial charge < -0.3 is 4.57 Å². The van der Waals surface area contributed by atoms with Gasteiger partial charge in [-0.25, -0.2) is 0 Å². The van der Waals surface area contributed by atoms with E-state index in [1.165, 1.54) is 9.75 Å². The first kappa shape index (κ1) is 13.3. The molecule has 3 aromatic heterocycles. The summed E-state index contributed by atoms with van der Waals surface area (Å²) < 4.78 is 16.7. The summed E-state index contributed by atoms with van der Waals surface area (Å²) in [5.74, 6) is 0. The van der Waals surface area contributed by atoms with Gasteiger partial charge in [-0.05, 0) is 49.6 Å². The molecule has 0 N–H and O–H groups in total. The molecule has 0 aliphatic carbocycles. The minimum absolute atomic E-state index is 0.983. The van der Waals surface area contributed by atoms with Crippen LogP contribution in [0.4, 0.5) is 0 Å². The molecule has 19 heavy (non-hydrogen) atoms. The van der Waals surface area contributed by atoms with Gasteiger partial charge in [0.1, 0.15) is 0 Å². The minimum Gasteiger partial charge on any atom is -0.306 e. The van der Waals surface area contributed by atoms with Gasteiger partial charge >= 0.3 is 0 Å². The summed E-state index contributed by atoms with van der Waals surface area (Å²) in [7, 11) is -2.63. The van der Waals surface area contributed by atoms with Gasteiger partial charge in [0.2, 0.25) is 0 Å². The summed E-state index contributed by atoms with van der Waals surface area (Å²) >= 11 is 4.88. The van der Waals surface area contributed by atoms with Gasteiger partial charge in [-0.3, -0.25) is 0 Å². The summed E-state index contributed by atoms with van der Waals surface area (Å²) in [6, 6.07) is 12.1. The van der Waals surface area contributed by atoms with Crippen molar-refractivity contribution in [3.05, 3.63) is 51.5 Å². The Labute approximate surface area is 124 Å². The summed E-state index contributed by atoms with van der Waals surface area (Å²) in [5.41, 5.74) is 0. The predicted molar refractivity (Wildman–Crippen MR) is 88.9 cm³/mol. The van der Waals surface area contributed by atoms with Crippen LogP contribution in [0.3, 0.4) is 0 Å². The van der Waals surface area contributed by atoms with Crippen molar-refractivity contribution in [1.82, 2.24) is 0 Å². The Hall–Kier alpha value is -0.670. The van der Waals surface area contributed by atoms with Crippen LogP contribution in [0.2, 0.25) is 0 Å². The summed E-state index contributed by atoms with van der Waals surface area (Å²) in [6.45, 7) is 4.12. The van der Waals surface area contributed by atoms with Crippen molar-refractivity contribution in [2.75, 3.05) is 0 Å². The van der Waals surface area contributed by atoms with E-state index in [1.54, 1.807) is 34.0 Å². The molecule has 0 bridgehead atoms. The van der Waals surface area contributed by atoms with Gasteiger partial charge in [0.05, 0.1) is 13.9 Å². The van der Waals surface area contributed by atoms with Crippen LogP contribution in [0, 0.1) is 13.8 Å². The van der Waals surface area contributed by atoms with Crippen molar-refractivity contribution in [2.24, 2.45) is 0 Å². The standard InChI is InChI=1S/C14H13OPS3/c1-10-5-7-13(18-10)16(15,12-4-3-9-17-12)14-8-6-11(2)19-14/h3-9H,1-2H3. The Balaban J connectivity index is 2.25. The zero-order valence-corrected chi connectivity index (χ0v) is 14.0. The molecule has 1 nitrogen and oxygen atoms in total. The van der Waals surface area contributed by atoms with E-state index in [4.69, 9.17) is 0 Å². The molecule has 0 atom stereocenters. The van der Waals surface area contributed by atoms with E-state index in [0.717, 1.165) is 13.9 Å². The SMILES string of the molecule is Cc1ccc(P(=O)(c2cccs2)c2ccc(C)s2)s1. The molecular weight excluding hydrogens is 311 g/mol. The molecule has 0 amide bonds. The first-order valence-corrected chi connectivity index (χ1v) is 10.1. The molecule has 0 saturated carbocycles. The first-order valence-electron chi connectivity index (χ1n) is 5.89. The van der Waals surface area contributed by atoms with Crippen LogP contribution in [0.5, 0.6) is 0 Å². The molecule has 0 aliphatic rings. The predicted octanol–water partition coefficient (Wildman–Crippen LogP) is 4.13. The Morgan fingerprint density at radius 3 is 1.79 bits per heavy atom. The molecule has 5 heteroatoms. The maximum atomic E-state index is 13.7. The highest BCUT2D eigenvalue weighted by atomic mass is 32.1. The van der Waals surface area contributed by atoms with Crippen LogP contribution in [0.25, 0.3) is 0 Å². The second-order valence-corrected chi connectivity index (χ2v) is 11.4. The lowest BCUT2D eigenvalue weighted by Crippen LogP contribution is -2.18. The Morgan fingerprint density at radius 2 is 1.42 bits per heavy atom. The number of hydrogen-bond donors (Lipinski definition) is 0. The molecule has 0 aliphatic heterocycles. The molecule has 98 valence electrons. The third-order valence-electron chi connectivity index (χ3n) is 2.89. The molecule has 3 heterocycles. The van der Waals surface area contributed by atoms with Gasteiger partial charge in [0, 0.05) is 9.75 Å². The molecule has 0 radical (unpaired) electrons. The molecule has 0 saturated heterocycles. The third-order valence-corrected chi connectivity index (χ3v) is 10.7. The van der Waals surface area contributed by atoms with Gasteiger partial charge in [-0.1, -0.05) is 6.07 Å². The van der Waals surface area contributed by atoms with Crippen LogP contribution in [-0.4, -0.2) is 0 Å². The lowest BCUT2D eigenvalue weighted by Gasteiger charge is -2.13. The molecular formula is C14H13OPS3. The summed E-state index contributed by atoms with van der Waals surface area (Å²) in [6.07, 6.45) is 0. The highest BCUT2D eigenvalue weighted by molar-refractivity contribution is 7.95. The number of rotatable bonds is 3. The van der Waals surface area contributed by atoms with Crippen molar-refractivity contribution < 1.29 is 4.57 Å². The van der Waals surface area contributed by atoms with Crippen LogP contribution in [0.15, 0.2) is 41.8 Å². The Morgan fingerprint density at radius 1 is 0.842 bits per heavy atom. The highest BCUT2D eigenvalue weighted by Gasteiger charge is 2.33. The van der Waals surface area contributed by atoms with E-state index in [0.29, 0.717) is 0 Å². The van der Waals surface area contributed by atoms with Crippen LogP contribution < -0.4 is 13.9 Å².